The van der Waals surface area contributed by atoms with Gasteiger partial charge in [0.05, 0.1) is 16.6 Å². The molecule has 0 spiro atoms. The van der Waals surface area contributed by atoms with Crippen LogP contribution in [0.2, 0.25) is 0 Å². The van der Waals surface area contributed by atoms with Crippen LogP contribution in [0.25, 0.3) is 0 Å². The fourth-order valence-electron chi connectivity index (χ4n) is 2.48. The number of nitro groups is 1. The molecule has 0 aliphatic carbocycles. The van der Waals surface area contributed by atoms with Crippen molar-refractivity contribution in [1.29, 1.82) is 0 Å². The van der Waals surface area contributed by atoms with E-state index in [-0.39, 0.29) is 11.7 Å². The maximum atomic E-state index is 13.6. The first kappa shape index (κ1) is 19.5. The number of hydrogen-bond acceptors (Lipinski definition) is 6. The summed E-state index contributed by atoms with van der Waals surface area (Å²) in [4.78, 5) is 34.4. The van der Waals surface area contributed by atoms with Crippen LogP contribution in [-0.2, 0) is 0 Å². The lowest BCUT2D eigenvalue weighted by molar-refractivity contribution is -0.384. The lowest BCUT2D eigenvalue weighted by Crippen LogP contribution is -2.13. The summed E-state index contributed by atoms with van der Waals surface area (Å²) in [6, 6.07) is 15.8. The molecule has 3 N–H and O–H groups in total. The molecule has 0 atom stereocenters. The van der Waals surface area contributed by atoms with Crippen LogP contribution in [0.4, 0.5) is 21.5 Å². The summed E-state index contributed by atoms with van der Waals surface area (Å²) in [6.07, 6.45) is 0. The first-order valence-electron chi connectivity index (χ1n) is 8.27. The Hall–Kier alpha value is -4.27. The molecule has 8 nitrogen and oxygen atoms in total. The molecule has 0 fully saturated rings. The van der Waals surface area contributed by atoms with Gasteiger partial charge in [0.15, 0.2) is 0 Å². The van der Waals surface area contributed by atoms with Gasteiger partial charge in [0, 0.05) is 11.3 Å². The summed E-state index contributed by atoms with van der Waals surface area (Å²) >= 11 is 0. The third kappa shape index (κ3) is 4.53. The number of nitrogens with two attached hydrogens (primary N) is 1. The van der Waals surface area contributed by atoms with Crippen molar-refractivity contribution in [2.24, 2.45) is 0 Å². The molecule has 0 unspecified atom stereocenters. The van der Waals surface area contributed by atoms with E-state index < -0.39 is 33.6 Å². The number of halogens is 1. The van der Waals surface area contributed by atoms with E-state index in [1.165, 1.54) is 24.3 Å². The van der Waals surface area contributed by atoms with Gasteiger partial charge in [-0.3, -0.25) is 14.9 Å². The van der Waals surface area contributed by atoms with Gasteiger partial charge in [-0.25, -0.2) is 9.18 Å². The van der Waals surface area contributed by atoms with Gasteiger partial charge in [0.2, 0.25) is 0 Å². The molecule has 0 saturated heterocycles. The lowest BCUT2D eigenvalue weighted by atomic mass is 10.1. The molecule has 29 heavy (non-hydrogen) atoms. The zero-order valence-electron chi connectivity index (χ0n) is 14.8. The number of carbonyl (C=O) groups excluding carboxylic acids is 2. The average molecular weight is 395 g/mol. The third-order valence-electron chi connectivity index (χ3n) is 3.90. The third-order valence-corrected chi connectivity index (χ3v) is 3.90. The number of benzene rings is 3. The highest BCUT2D eigenvalue weighted by atomic mass is 19.1. The number of nitro benzene ring substituents is 1. The minimum atomic E-state index is -1.05. The van der Waals surface area contributed by atoms with Crippen LogP contribution >= 0.6 is 0 Å². The van der Waals surface area contributed by atoms with Crippen molar-refractivity contribution in [1.82, 2.24) is 0 Å². The smallest absolute Gasteiger partial charge is 0.346 e. The van der Waals surface area contributed by atoms with Crippen LogP contribution in [0, 0.1) is 15.9 Å². The Bertz CT molecular complexity index is 1090. The van der Waals surface area contributed by atoms with Crippen molar-refractivity contribution in [3.05, 3.63) is 93.8 Å². The highest BCUT2D eigenvalue weighted by Crippen LogP contribution is 2.28. The quantitative estimate of drug-likeness (QED) is 0.223. The Morgan fingerprint density at radius 1 is 1.03 bits per heavy atom. The Labute approximate surface area is 163 Å². The number of ether oxygens (including phenoxy) is 1. The van der Waals surface area contributed by atoms with Gasteiger partial charge < -0.3 is 15.8 Å². The Morgan fingerprint density at radius 3 is 2.31 bits per heavy atom. The second-order valence-electron chi connectivity index (χ2n) is 5.88. The van der Waals surface area contributed by atoms with Crippen molar-refractivity contribution in [3.8, 4) is 5.75 Å². The molecule has 1 amide bonds. The minimum Gasteiger partial charge on any atom is -0.423 e. The molecule has 0 saturated carbocycles. The Kier molecular flexibility index (Phi) is 5.49. The lowest BCUT2D eigenvalue weighted by Gasteiger charge is -2.09. The van der Waals surface area contributed by atoms with Crippen LogP contribution in [0.5, 0.6) is 5.75 Å². The number of anilines is 2. The largest absolute Gasteiger partial charge is 0.423 e. The standard InChI is InChI=1S/C20H14FN3O5/c21-13-10-16(18(22)17(11-13)24(27)28)20(26)29-15-8-6-14(7-9-15)23-19(25)12-4-2-1-3-5-12/h1-11H,22H2,(H,23,25). The Morgan fingerprint density at radius 2 is 1.69 bits per heavy atom. The average Bonchev–Trinajstić information content (AvgIpc) is 2.71. The number of esters is 1. The van der Waals surface area contributed by atoms with E-state index in [0.29, 0.717) is 17.3 Å². The van der Waals surface area contributed by atoms with Crippen LogP contribution < -0.4 is 15.8 Å². The van der Waals surface area contributed by atoms with Crippen molar-refractivity contribution >= 4 is 28.9 Å². The van der Waals surface area contributed by atoms with Gasteiger partial charge >= 0.3 is 5.97 Å². The summed E-state index contributed by atoms with van der Waals surface area (Å²) < 4.78 is 18.7. The predicted octanol–water partition coefficient (Wildman–Crippen LogP) is 3.79. The minimum absolute atomic E-state index is 0.0824. The van der Waals surface area contributed by atoms with Crippen LogP contribution in [0.15, 0.2) is 66.7 Å². The van der Waals surface area contributed by atoms with Crippen LogP contribution in [0.1, 0.15) is 20.7 Å². The molecule has 0 aliphatic rings. The fourth-order valence-corrected chi connectivity index (χ4v) is 2.48. The van der Waals surface area contributed by atoms with Gasteiger partial charge in [-0.15, -0.1) is 0 Å². The highest BCUT2D eigenvalue weighted by Gasteiger charge is 2.23. The van der Waals surface area contributed by atoms with Gasteiger partial charge in [0.25, 0.3) is 11.6 Å². The summed E-state index contributed by atoms with van der Waals surface area (Å²) in [6.45, 7) is 0. The van der Waals surface area contributed by atoms with Crippen molar-refractivity contribution in [3.63, 3.8) is 0 Å². The van der Waals surface area contributed by atoms with E-state index in [4.69, 9.17) is 10.5 Å². The SMILES string of the molecule is Nc1c(C(=O)Oc2ccc(NC(=O)c3ccccc3)cc2)cc(F)cc1[N+](=O)[O-]. The molecule has 3 aromatic carbocycles. The van der Waals surface area contributed by atoms with E-state index in [9.17, 15) is 24.1 Å². The number of amides is 1. The van der Waals surface area contributed by atoms with E-state index >= 15 is 0 Å². The van der Waals surface area contributed by atoms with Crippen molar-refractivity contribution < 1.29 is 23.6 Å². The molecule has 0 aromatic heterocycles. The summed E-state index contributed by atoms with van der Waals surface area (Å²) in [5.74, 6) is -2.27. The number of nitrogen functional groups attached to an aromatic ring is 1. The summed E-state index contributed by atoms with van der Waals surface area (Å²) in [7, 11) is 0. The molecule has 9 heteroatoms. The number of nitrogens with one attached hydrogen (secondary N) is 1. The first-order valence-corrected chi connectivity index (χ1v) is 8.27. The summed E-state index contributed by atoms with van der Waals surface area (Å²) in [5.41, 5.74) is 4.84. The monoisotopic (exact) mass is 395 g/mol. The first-order chi connectivity index (χ1) is 13.8. The van der Waals surface area contributed by atoms with Gasteiger partial charge in [-0.2, -0.15) is 0 Å². The second-order valence-corrected chi connectivity index (χ2v) is 5.88. The summed E-state index contributed by atoms with van der Waals surface area (Å²) in [5, 5.41) is 13.6. The molecule has 3 rings (SSSR count). The number of carbonyl (C=O) groups is 2. The highest BCUT2D eigenvalue weighted by molar-refractivity contribution is 6.04. The van der Waals surface area contributed by atoms with Gasteiger partial charge in [-0.05, 0) is 42.5 Å². The predicted molar refractivity (Wildman–Crippen MR) is 103 cm³/mol. The topological polar surface area (TPSA) is 125 Å². The van der Waals surface area contributed by atoms with E-state index in [1.54, 1.807) is 30.3 Å². The van der Waals surface area contributed by atoms with Gasteiger partial charge in [-0.1, -0.05) is 18.2 Å². The number of rotatable bonds is 5. The maximum Gasteiger partial charge on any atom is 0.346 e. The van der Waals surface area contributed by atoms with Gasteiger partial charge in [0.1, 0.15) is 17.3 Å². The molecule has 0 heterocycles. The second kappa shape index (κ2) is 8.17. The zero-order valence-corrected chi connectivity index (χ0v) is 14.8. The van der Waals surface area contributed by atoms with Crippen molar-refractivity contribution in [2.75, 3.05) is 11.1 Å². The normalized spacial score (nSPS) is 10.2. The van der Waals surface area contributed by atoms with E-state index in [2.05, 4.69) is 5.32 Å². The maximum absolute atomic E-state index is 13.6. The van der Waals surface area contributed by atoms with Crippen LogP contribution in [-0.4, -0.2) is 16.8 Å². The molecular weight excluding hydrogens is 381 g/mol. The number of nitrogens with zero attached hydrogens (tertiary/aromatic N) is 1. The molecule has 3 aromatic rings. The molecule has 146 valence electrons. The van der Waals surface area contributed by atoms with Crippen LogP contribution in [0.3, 0.4) is 0 Å². The molecular formula is C20H14FN3O5. The molecule has 0 aliphatic heterocycles. The fraction of sp³-hybridized carbons (Fsp3) is 0. The van der Waals surface area contributed by atoms with E-state index in [1.807, 2.05) is 0 Å². The molecule has 0 radical (unpaired) electrons. The van der Waals surface area contributed by atoms with E-state index in [0.717, 1.165) is 6.07 Å². The zero-order chi connectivity index (χ0) is 21.0. The molecule has 0 bridgehead atoms. The Balaban J connectivity index is 1.72. The number of hydrogen-bond donors (Lipinski definition) is 2. The van der Waals surface area contributed by atoms with Crippen molar-refractivity contribution in [2.45, 2.75) is 0 Å².